The standard InChI is InChI=1S/C9H13IN2O/c1-13-9-3-2-6(10)4-7(9)8(12)5-11/h2-4,8H,5,11-12H2,1H3/t8-/m0/s1. The summed E-state index contributed by atoms with van der Waals surface area (Å²) < 4.78 is 6.32. The van der Waals surface area contributed by atoms with Crippen molar-refractivity contribution in [2.45, 2.75) is 6.04 Å². The zero-order chi connectivity index (χ0) is 9.84. The molecule has 0 aliphatic heterocycles. The molecule has 1 aromatic rings. The predicted molar refractivity (Wildman–Crippen MR) is 61.7 cm³/mol. The topological polar surface area (TPSA) is 61.3 Å². The van der Waals surface area contributed by atoms with Crippen molar-refractivity contribution in [3.8, 4) is 5.75 Å². The van der Waals surface area contributed by atoms with E-state index in [9.17, 15) is 0 Å². The van der Waals surface area contributed by atoms with Gasteiger partial charge < -0.3 is 16.2 Å². The van der Waals surface area contributed by atoms with E-state index in [1.165, 1.54) is 0 Å². The number of nitrogens with two attached hydrogens (primary N) is 2. The Labute approximate surface area is 91.6 Å². The highest BCUT2D eigenvalue weighted by Crippen LogP contribution is 2.25. The van der Waals surface area contributed by atoms with E-state index in [1.54, 1.807) is 7.11 Å². The van der Waals surface area contributed by atoms with Crippen LogP contribution in [0.3, 0.4) is 0 Å². The lowest BCUT2D eigenvalue weighted by molar-refractivity contribution is 0.406. The highest BCUT2D eigenvalue weighted by Gasteiger charge is 2.10. The largest absolute Gasteiger partial charge is 0.496 e. The Balaban J connectivity index is 3.07. The van der Waals surface area contributed by atoms with E-state index in [1.807, 2.05) is 18.2 Å². The van der Waals surface area contributed by atoms with Gasteiger partial charge in [-0.1, -0.05) is 0 Å². The Morgan fingerprint density at radius 3 is 2.77 bits per heavy atom. The molecule has 72 valence electrons. The van der Waals surface area contributed by atoms with Crippen LogP contribution < -0.4 is 16.2 Å². The van der Waals surface area contributed by atoms with Gasteiger partial charge in [0.05, 0.1) is 7.11 Å². The lowest BCUT2D eigenvalue weighted by Crippen LogP contribution is -2.21. The second-order valence-corrected chi connectivity index (χ2v) is 3.97. The molecule has 0 bridgehead atoms. The molecule has 0 spiro atoms. The second-order valence-electron chi connectivity index (χ2n) is 2.73. The maximum absolute atomic E-state index is 5.83. The molecule has 0 radical (unpaired) electrons. The van der Waals surface area contributed by atoms with Gasteiger partial charge in [0.15, 0.2) is 0 Å². The van der Waals surface area contributed by atoms with Crippen LogP contribution in [-0.2, 0) is 0 Å². The molecule has 0 heterocycles. The van der Waals surface area contributed by atoms with Gasteiger partial charge in [-0.2, -0.15) is 0 Å². The van der Waals surface area contributed by atoms with Crippen LogP contribution in [-0.4, -0.2) is 13.7 Å². The van der Waals surface area contributed by atoms with Crippen LogP contribution in [0.15, 0.2) is 18.2 Å². The summed E-state index contributed by atoms with van der Waals surface area (Å²) in [5, 5.41) is 0. The summed E-state index contributed by atoms with van der Waals surface area (Å²) in [5.74, 6) is 0.804. The molecule has 0 amide bonds. The Hall–Kier alpha value is -0.330. The minimum atomic E-state index is -0.148. The van der Waals surface area contributed by atoms with Crippen molar-refractivity contribution in [1.82, 2.24) is 0 Å². The van der Waals surface area contributed by atoms with E-state index < -0.39 is 0 Å². The van der Waals surface area contributed by atoms with Crippen LogP contribution in [0.1, 0.15) is 11.6 Å². The highest BCUT2D eigenvalue weighted by atomic mass is 127. The number of methoxy groups -OCH3 is 1. The molecule has 0 saturated carbocycles. The van der Waals surface area contributed by atoms with E-state index in [4.69, 9.17) is 16.2 Å². The molecule has 0 saturated heterocycles. The van der Waals surface area contributed by atoms with Crippen LogP contribution in [0, 0.1) is 3.57 Å². The molecule has 0 aliphatic carbocycles. The van der Waals surface area contributed by atoms with Crippen LogP contribution in [0.2, 0.25) is 0 Å². The average Bonchev–Trinajstić information content (AvgIpc) is 2.16. The predicted octanol–water partition coefficient (Wildman–Crippen LogP) is 1.26. The Kier molecular flexibility index (Phi) is 3.95. The lowest BCUT2D eigenvalue weighted by atomic mass is 10.1. The third-order valence-corrected chi connectivity index (χ3v) is 2.52. The summed E-state index contributed by atoms with van der Waals surface area (Å²) in [7, 11) is 1.63. The van der Waals surface area contributed by atoms with Gasteiger partial charge >= 0.3 is 0 Å². The molecule has 4 heteroatoms. The van der Waals surface area contributed by atoms with Crippen LogP contribution >= 0.6 is 22.6 Å². The van der Waals surface area contributed by atoms with Crippen molar-refractivity contribution in [3.05, 3.63) is 27.3 Å². The quantitative estimate of drug-likeness (QED) is 0.824. The molecular weight excluding hydrogens is 279 g/mol. The summed E-state index contributed by atoms with van der Waals surface area (Å²) in [4.78, 5) is 0. The van der Waals surface area contributed by atoms with Crippen molar-refractivity contribution >= 4 is 22.6 Å². The molecule has 1 atom stereocenters. The third-order valence-electron chi connectivity index (χ3n) is 1.85. The smallest absolute Gasteiger partial charge is 0.123 e. The zero-order valence-corrected chi connectivity index (χ0v) is 9.61. The summed E-state index contributed by atoms with van der Waals surface area (Å²) in [6.45, 7) is 0.427. The van der Waals surface area contributed by atoms with Crippen molar-refractivity contribution < 1.29 is 4.74 Å². The number of benzene rings is 1. The molecule has 0 unspecified atom stereocenters. The van der Waals surface area contributed by atoms with E-state index >= 15 is 0 Å². The summed E-state index contributed by atoms with van der Waals surface area (Å²) in [6.07, 6.45) is 0. The summed E-state index contributed by atoms with van der Waals surface area (Å²) in [5.41, 5.74) is 12.3. The molecular formula is C9H13IN2O. The third kappa shape index (κ3) is 2.55. The summed E-state index contributed by atoms with van der Waals surface area (Å²) in [6, 6.07) is 5.74. The molecule has 1 rings (SSSR count). The Morgan fingerprint density at radius 1 is 1.54 bits per heavy atom. The number of ether oxygens (including phenoxy) is 1. The van der Waals surface area contributed by atoms with Crippen LogP contribution in [0.4, 0.5) is 0 Å². The maximum atomic E-state index is 5.83. The normalized spacial score (nSPS) is 12.6. The molecule has 4 N–H and O–H groups in total. The summed E-state index contributed by atoms with van der Waals surface area (Å²) >= 11 is 2.24. The highest BCUT2D eigenvalue weighted by molar-refractivity contribution is 14.1. The number of halogens is 1. The maximum Gasteiger partial charge on any atom is 0.123 e. The first-order chi connectivity index (χ1) is 6.19. The first kappa shape index (κ1) is 10.7. The Morgan fingerprint density at radius 2 is 2.23 bits per heavy atom. The minimum Gasteiger partial charge on any atom is -0.496 e. The fourth-order valence-corrected chi connectivity index (χ4v) is 1.64. The van der Waals surface area contributed by atoms with Crippen molar-refractivity contribution in [2.75, 3.05) is 13.7 Å². The monoisotopic (exact) mass is 292 g/mol. The number of hydrogen-bond donors (Lipinski definition) is 2. The number of hydrogen-bond acceptors (Lipinski definition) is 3. The lowest BCUT2D eigenvalue weighted by Gasteiger charge is -2.13. The van der Waals surface area contributed by atoms with E-state index in [0.717, 1.165) is 14.9 Å². The van der Waals surface area contributed by atoms with Gasteiger partial charge in [-0.05, 0) is 40.8 Å². The second kappa shape index (κ2) is 4.78. The van der Waals surface area contributed by atoms with Gasteiger partial charge in [0.25, 0.3) is 0 Å². The van der Waals surface area contributed by atoms with Gasteiger partial charge in [0.2, 0.25) is 0 Å². The van der Waals surface area contributed by atoms with Gasteiger partial charge in [0.1, 0.15) is 5.75 Å². The molecule has 3 nitrogen and oxygen atoms in total. The fraction of sp³-hybridized carbons (Fsp3) is 0.333. The van der Waals surface area contributed by atoms with Crippen molar-refractivity contribution in [3.63, 3.8) is 0 Å². The van der Waals surface area contributed by atoms with Gasteiger partial charge in [-0.15, -0.1) is 0 Å². The van der Waals surface area contributed by atoms with Gasteiger partial charge in [0, 0.05) is 21.7 Å². The first-order valence-electron chi connectivity index (χ1n) is 3.98. The number of rotatable bonds is 3. The van der Waals surface area contributed by atoms with Gasteiger partial charge in [-0.3, -0.25) is 0 Å². The van der Waals surface area contributed by atoms with E-state index in [-0.39, 0.29) is 6.04 Å². The molecule has 0 aliphatic rings. The van der Waals surface area contributed by atoms with E-state index in [2.05, 4.69) is 22.6 Å². The SMILES string of the molecule is COc1ccc(I)cc1[C@@H](N)CN. The average molecular weight is 292 g/mol. The van der Waals surface area contributed by atoms with Crippen LogP contribution in [0.25, 0.3) is 0 Å². The van der Waals surface area contributed by atoms with Crippen molar-refractivity contribution in [2.24, 2.45) is 11.5 Å². The molecule has 1 aromatic carbocycles. The van der Waals surface area contributed by atoms with Crippen LogP contribution in [0.5, 0.6) is 5.75 Å². The zero-order valence-electron chi connectivity index (χ0n) is 7.46. The molecule has 0 fully saturated rings. The van der Waals surface area contributed by atoms with E-state index in [0.29, 0.717) is 6.54 Å². The fourth-order valence-electron chi connectivity index (χ4n) is 1.12. The minimum absolute atomic E-state index is 0.148. The molecule has 13 heavy (non-hydrogen) atoms. The Bertz CT molecular complexity index is 291. The van der Waals surface area contributed by atoms with Gasteiger partial charge in [-0.25, -0.2) is 0 Å². The first-order valence-corrected chi connectivity index (χ1v) is 5.06. The van der Waals surface area contributed by atoms with Crippen molar-refractivity contribution in [1.29, 1.82) is 0 Å². The molecule has 0 aromatic heterocycles.